The van der Waals surface area contributed by atoms with Crippen LogP contribution in [0, 0.1) is 0 Å². The molecule has 1 rings (SSSR count). The van der Waals surface area contributed by atoms with E-state index < -0.39 is 79.1 Å². The maximum absolute atomic E-state index is 13.4. The molecular formula is C18H25FO11. The van der Waals surface area contributed by atoms with Gasteiger partial charge in [0.1, 0.15) is 5.60 Å². The Balaban J connectivity index is 3.74. The van der Waals surface area contributed by atoms with Gasteiger partial charge in [-0.25, -0.2) is 0 Å². The molecule has 1 N–H and O–H groups in total. The molecule has 4 unspecified atom stereocenters. The average Bonchev–Trinajstić information content (AvgIpc) is 2.57. The highest BCUT2D eigenvalue weighted by molar-refractivity contribution is 5.70. The SMILES string of the molecule is CC(=O)OC1C(OC(C)=O)C(OC(C)=O)C(O)(CCF)C(OC(C)=O)C1OC(C)=O. The highest BCUT2D eigenvalue weighted by Gasteiger charge is 2.66. The van der Waals surface area contributed by atoms with Crippen molar-refractivity contribution in [1.29, 1.82) is 0 Å². The summed E-state index contributed by atoms with van der Waals surface area (Å²) < 4.78 is 38.9. The molecule has 1 saturated carbocycles. The Hall–Kier alpha value is -2.76. The highest BCUT2D eigenvalue weighted by Crippen LogP contribution is 2.41. The minimum Gasteiger partial charge on any atom is -0.455 e. The third kappa shape index (κ3) is 6.12. The zero-order valence-electron chi connectivity index (χ0n) is 17.2. The Morgan fingerprint density at radius 1 is 0.667 bits per heavy atom. The maximum Gasteiger partial charge on any atom is 0.303 e. The predicted octanol–water partition coefficient (Wildman–Crippen LogP) is -0.251. The Kier molecular flexibility index (Phi) is 8.70. The van der Waals surface area contributed by atoms with E-state index in [1.807, 2.05) is 0 Å². The molecule has 1 aliphatic rings. The monoisotopic (exact) mass is 436 g/mol. The lowest BCUT2D eigenvalue weighted by atomic mass is 9.72. The summed E-state index contributed by atoms with van der Waals surface area (Å²) in [6.07, 6.45) is -9.47. The molecule has 0 bridgehead atoms. The molecule has 0 aliphatic heterocycles. The number of hydrogen-bond acceptors (Lipinski definition) is 11. The number of ether oxygens (including phenoxy) is 5. The molecule has 0 amide bonds. The Morgan fingerprint density at radius 2 is 0.967 bits per heavy atom. The van der Waals surface area contributed by atoms with Crippen molar-refractivity contribution in [2.75, 3.05) is 6.67 Å². The van der Waals surface area contributed by atoms with Crippen LogP contribution in [0.25, 0.3) is 0 Å². The summed E-state index contributed by atoms with van der Waals surface area (Å²) in [6.45, 7) is 3.75. The van der Waals surface area contributed by atoms with Crippen LogP contribution in [0.2, 0.25) is 0 Å². The van der Waals surface area contributed by atoms with Gasteiger partial charge in [0.05, 0.1) is 6.67 Å². The summed E-state index contributed by atoms with van der Waals surface area (Å²) in [5.41, 5.74) is -2.50. The molecule has 30 heavy (non-hydrogen) atoms. The smallest absolute Gasteiger partial charge is 0.303 e. The summed E-state index contributed by atoms with van der Waals surface area (Å²) in [6, 6.07) is 0. The Bertz CT molecular complexity index is 648. The van der Waals surface area contributed by atoms with Crippen LogP contribution in [-0.2, 0) is 47.7 Å². The average molecular weight is 436 g/mol. The van der Waals surface area contributed by atoms with Crippen LogP contribution >= 0.6 is 0 Å². The van der Waals surface area contributed by atoms with E-state index in [1.165, 1.54) is 0 Å². The van der Waals surface area contributed by atoms with Crippen molar-refractivity contribution in [3.63, 3.8) is 0 Å². The number of esters is 5. The number of alkyl halides is 1. The fourth-order valence-electron chi connectivity index (χ4n) is 3.36. The first-order chi connectivity index (χ1) is 13.8. The van der Waals surface area contributed by atoms with Crippen molar-refractivity contribution < 1.29 is 57.2 Å². The van der Waals surface area contributed by atoms with E-state index in [0.717, 1.165) is 34.6 Å². The Morgan fingerprint density at radius 3 is 1.23 bits per heavy atom. The van der Waals surface area contributed by atoms with Gasteiger partial charge in [-0.3, -0.25) is 28.4 Å². The summed E-state index contributed by atoms with van der Waals surface area (Å²) in [5, 5.41) is 11.3. The van der Waals surface area contributed by atoms with Gasteiger partial charge in [0.2, 0.25) is 0 Å². The molecule has 12 heteroatoms. The van der Waals surface area contributed by atoms with Crippen LogP contribution in [0.4, 0.5) is 4.39 Å². The number of carbonyl (C=O) groups is 5. The molecule has 4 atom stereocenters. The zero-order chi connectivity index (χ0) is 23.2. The quantitative estimate of drug-likeness (QED) is 0.415. The van der Waals surface area contributed by atoms with Crippen LogP contribution in [0.1, 0.15) is 41.0 Å². The fourth-order valence-corrected chi connectivity index (χ4v) is 3.36. The molecule has 0 saturated heterocycles. The molecule has 0 radical (unpaired) electrons. The van der Waals surface area contributed by atoms with Gasteiger partial charge >= 0.3 is 29.8 Å². The lowest BCUT2D eigenvalue weighted by Gasteiger charge is -2.51. The molecule has 0 aromatic rings. The van der Waals surface area contributed by atoms with E-state index in [9.17, 15) is 33.5 Å². The van der Waals surface area contributed by atoms with E-state index in [4.69, 9.17) is 23.7 Å². The third-order valence-electron chi connectivity index (χ3n) is 4.22. The molecule has 1 fully saturated rings. The van der Waals surface area contributed by atoms with Crippen molar-refractivity contribution in [2.45, 2.75) is 77.2 Å². The van der Waals surface area contributed by atoms with E-state index in [-0.39, 0.29) is 0 Å². The van der Waals surface area contributed by atoms with Gasteiger partial charge < -0.3 is 28.8 Å². The number of rotatable bonds is 7. The third-order valence-corrected chi connectivity index (χ3v) is 4.22. The summed E-state index contributed by atoms with van der Waals surface area (Å²) >= 11 is 0. The molecule has 0 spiro atoms. The Labute approximate surface area is 171 Å². The molecule has 1 aliphatic carbocycles. The van der Waals surface area contributed by atoms with Gasteiger partial charge in [0.15, 0.2) is 30.5 Å². The second kappa shape index (κ2) is 10.3. The summed E-state index contributed by atoms with van der Waals surface area (Å²) in [7, 11) is 0. The molecule has 170 valence electrons. The normalized spacial score (nSPS) is 30.6. The fraction of sp³-hybridized carbons (Fsp3) is 0.722. The second-order valence-electron chi connectivity index (χ2n) is 6.71. The van der Waals surface area contributed by atoms with Crippen molar-refractivity contribution in [1.82, 2.24) is 0 Å². The van der Waals surface area contributed by atoms with Crippen LogP contribution in [-0.4, -0.2) is 77.7 Å². The van der Waals surface area contributed by atoms with Crippen molar-refractivity contribution in [3.05, 3.63) is 0 Å². The first kappa shape index (κ1) is 25.3. The summed E-state index contributed by atoms with van der Waals surface area (Å²) in [4.78, 5) is 58.4. The largest absolute Gasteiger partial charge is 0.455 e. The second-order valence-corrected chi connectivity index (χ2v) is 6.71. The van der Waals surface area contributed by atoms with Gasteiger partial charge in [-0.1, -0.05) is 0 Å². The lowest BCUT2D eigenvalue weighted by molar-refractivity contribution is -0.287. The van der Waals surface area contributed by atoms with Crippen LogP contribution in [0.15, 0.2) is 0 Å². The number of halogens is 1. The van der Waals surface area contributed by atoms with E-state index in [0.29, 0.717) is 0 Å². The number of hydrogen-bond donors (Lipinski definition) is 1. The van der Waals surface area contributed by atoms with Crippen LogP contribution < -0.4 is 0 Å². The highest BCUT2D eigenvalue weighted by atomic mass is 19.1. The topological polar surface area (TPSA) is 152 Å². The van der Waals surface area contributed by atoms with Gasteiger partial charge in [0, 0.05) is 41.0 Å². The van der Waals surface area contributed by atoms with Crippen LogP contribution in [0.3, 0.4) is 0 Å². The van der Waals surface area contributed by atoms with Gasteiger partial charge in [-0.15, -0.1) is 0 Å². The van der Waals surface area contributed by atoms with Gasteiger partial charge in [0.25, 0.3) is 0 Å². The van der Waals surface area contributed by atoms with Crippen molar-refractivity contribution in [3.8, 4) is 0 Å². The van der Waals surface area contributed by atoms with Gasteiger partial charge in [-0.05, 0) is 0 Å². The molecule has 11 nitrogen and oxygen atoms in total. The zero-order valence-corrected chi connectivity index (χ0v) is 17.2. The number of carbonyl (C=O) groups excluding carboxylic acids is 5. The standard InChI is InChI=1S/C18H25FO11/c1-8(20)26-13-14(27-9(2)21)16(29-11(4)23)18(25,6-7-19)17(30-12(5)24)15(13)28-10(3)22/h13-17,25H,6-7H2,1-5H3. The van der Waals surface area contributed by atoms with E-state index in [2.05, 4.69) is 0 Å². The van der Waals surface area contributed by atoms with E-state index >= 15 is 0 Å². The van der Waals surface area contributed by atoms with E-state index in [1.54, 1.807) is 0 Å². The summed E-state index contributed by atoms with van der Waals surface area (Å²) in [5.74, 6) is -4.67. The lowest BCUT2D eigenvalue weighted by Crippen LogP contribution is -2.74. The minimum absolute atomic E-state index is 0.759. The van der Waals surface area contributed by atoms with Crippen molar-refractivity contribution >= 4 is 29.8 Å². The first-order valence-corrected chi connectivity index (χ1v) is 8.97. The van der Waals surface area contributed by atoms with Crippen LogP contribution in [0.5, 0.6) is 0 Å². The maximum atomic E-state index is 13.4. The van der Waals surface area contributed by atoms with Crippen molar-refractivity contribution in [2.24, 2.45) is 0 Å². The number of aliphatic hydroxyl groups is 1. The van der Waals surface area contributed by atoms with Gasteiger partial charge in [-0.2, -0.15) is 0 Å². The molecule has 0 heterocycles. The molecule has 0 aromatic heterocycles. The molecule has 0 aromatic carbocycles. The predicted molar refractivity (Wildman–Crippen MR) is 93.3 cm³/mol. The first-order valence-electron chi connectivity index (χ1n) is 8.97. The molecular weight excluding hydrogens is 411 g/mol. The minimum atomic E-state index is -2.50.